The van der Waals surface area contributed by atoms with Crippen molar-refractivity contribution in [1.82, 2.24) is 4.98 Å². The molecule has 0 saturated carbocycles. The largest absolute Gasteiger partial charge is 0.386 e. The van der Waals surface area contributed by atoms with Crippen molar-refractivity contribution in [3.8, 4) is 0 Å². The Morgan fingerprint density at radius 3 is 2.57 bits per heavy atom. The van der Waals surface area contributed by atoms with Crippen molar-refractivity contribution in [2.24, 2.45) is 5.92 Å². The molecule has 0 aromatic carbocycles. The molecule has 0 spiro atoms. The second-order valence-electron chi connectivity index (χ2n) is 3.39. The first-order chi connectivity index (χ1) is 6.70. The van der Waals surface area contributed by atoms with E-state index in [9.17, 15) is 5.11 Å². The fraction of sp³-hybridized carbons (Fsp3) is 0.545. The number of rotatable bonds is 4. The number of nitrogens with zero attached hydrogens (tertiary/aromatic N) is 1. The van der Waals surface area contributed by atoms with Crippen molar-refractivity contribution in [3.63, 3.8) is 0 Å². The molecular formula is C11H16ClNO. The van der Waals surface area contributed by atoms with Crippen LogP contribution in [-0.2, 0) is 0 Å². The van der Waals surface area contributed by atoms with Crippen LogP contribution in [0.5, 0.6) is 0 Å². The Hall–Kier alpha value is -0.600. The molecule has 1 rings (SSSR count). The van der Waals surface area contributed by atoms with Crippen molar-refractivity contribution in [2.75, 3.05) is 0 Å². The van der Waals surface area contributed by atoms with E-state index in [1.165, 1.54) is 0 Å². The smallest absolute Gasteiger partial charge is 0.100 e. The first-order valence-corrected chi connectivity index (χ1v) is 5.37. The van der Waals surface area contributed by atoms with Crippen LogP contribution in [0.15, 0.2) is 18.3 Å². The van der Waals surface area contributed by atoms with Crippen LogP contribution in [0.25, 0.3) is 0 Å². The number of pyridine rings is 1. The summed E-state index contributed by atoms with van der Waals surface area (Å²) in [5, 5.41) is 10.6. The van der Waals surface area contributed by atoms with Crippen LogP contribution in [0.3, 0.4) is 0 Å². The van der Waals surface area contributed by atoms with Gasteiger partial charge in [-0.05, 0) is 18.1 Å². The predicted molar refractivity (Wildman–Crippen MR) is 58.3 cm³/mol. The Bertz CT molecular complexity index is 286. The first-order valence-electron chi connectivity index (χ1n) is 4.99. The molecule has 14 heavy (non-hydrogen) atoms. The molecule has 2 nitrogen and oxygen atoms in total. The second kappa shape index (κ2) is 5.32. The maximum absolute atomic E-state index is 10.0. The monoisotopic (exact) mass is 213 g/mol. The summed E-state index contributed by atoms with van der Waals surface area (Å²) < 4.78 is 0. The fourth-order valence-electron chi connectivity index (χ4n) is 1.57. The van der Waals surface area contributed by atoms with E-state index in [1.54, 1.807) is 18.3 Å². The molecule has 1 atom stereocenters. The zero-order valence-corrected chi connectivity index (χ0v) is 9.33. The zero-order valence-electron chi connectivity index (χ0n) is 8.57. The fourth-order valence-corrected chi connectivity index (χ4v) is 1.81. The van der Waals surface area contributed by atoms with Crippen LogP contribution < -0.4 is 0 Å². The van der Waals surface area contributed by atoms with E-state index in [2.05, 4.69) is 18.8 Å². The van der Waals surface area contributed by atoms with E-state index in [4.69, 9.17) is 11.6 Å². The van der Waals surface area contributed by atoms with Crippen LogP contribution in [0.4, 0.5) is 0 Å². The summed E-state index contributed by atoms with van der Waals surface area (Å²) in [4.78, 5) is 4.11. The van der Waals surface area contributed by atoms with E-state index in [0.29, 0.717) is 10.7 Å². The van der Waals surface area contributed by atoms with Gasteiger partial charge in [-0.1, -0.05) is 38.3 Å². The van der Waals surface area contributed by atoms with Crippen molar-refractivity contribution >= 4 is 11.6 Å². The molecular weight excluding hydrogens is 198 g/mol. The lowest BCUT2D eigenvalue weighted by Crippen LogP contribution is -2.12. The van der Waals surface area contributed by atoms with Crippen LogP contribution >= 0.6 is 11.6 Å². The lowest BCUT2D eigenvalue weighted by Gasteiger charge is -2.20. The maximum Gasteiger partial charge on any atom is 0.100 e. The number of aromatic nitrogens is 1. The maximum atomic E-state index is 10.0. The molecule has 1 unspecified atom stereocenters. The third kappa shape index (κ3) is 2.46. The number of aliphatic hydroxyl groups is 1. The first kappa shape index (κ1) is 11.5. The molecule has 0 bridgehead atoms. The lowest BCUT2D eigenvalue weighted by atomic mass is 9.94. The number of aliphatic hydroxyl groups excluding tert-OH is 1. The van der Waals surface area contributed by atoms with Crippen LogP contribution in [-0.4, -0.2) is 10.1 Å². The highest BCUT2D eigenvalue weighted by atomic mass is 35.5. The lowest BCUT2D eigenvalue weighted by molar-refractivity contribution is 0.0992. The van der Waals surface area contributed by atoms with E-state index >= 15 is 0 Å². The Balaban J connectivity index is 2.88. The zero-order chi connectivity index (χ0) is 10.6. The van der Waals surface area contributed by atoms with Gasteiger partial charge in [0.25, 0.3) is 0 Å². The van der Waals surface area contributed by atoms with Gasteiger partial charge in [0.1, 0.15) is 6.10 Å². The van der Waals surface area contributed by atoms with Crippen LogP contribution in [0.2, 0.25) is 5.02 Å². The number of hydrogen-bond acceptors (Lipinski definition) is 2. The molecule has 0 aliphatic heterocycles. The molecule has 0 fully saturated rings. The van der Waals surface area contributed by atoms with Gasteiger partial charge in [0, 0.05) is 6.20 Å². The minimum atomic E-state index is -0.543. The van der Waals surface area contributed by atoms with Crippen molar-refractivity contribution < 1.29 is 5.11 Å². The summed E-state index contributed by atoms with van der Waals surface area (Å²) in [6, 6.07) is 3.53. The topological polar surface area (TPSA) is 33.1 Å². The van der Waals surface area contributed by atoms with Gasteiger partial charge < -0.3 is 5.11 Å². The van der Waals surface area contributed by atoms with Gasteiger partial charge in [-0.25, -0.2) is 0 Å². The summed E-state index contributed by atoms with van der Waals surface area (Å²) in [7, 11) is 0. The van der Waals surface area contributed by atoms with Crippen LogP contribution in [0, 0.1) is 5.92 Å². The summed E-state index contributed by atoms with van der Waals surface area (Å²) >= 11 is 5.95. The highest BCUT2D eigenvalue weighted by Crippen LogP contribution is 2.29. The quantitative estimate of drug-likeness (QED) is 0.833. The normalized spacial score (nSPS) is 13.2. The molecule has 0 saturated heterocycles. The molecule has 1 N–H and O–H groups in total. The van der Waals surface area contributed by atoms with Crippen molar-refractivity contribution in [1.29, 1.82) is 0 Å². The van der Waals surface area contributed by atoms with E-state index in [-0.39, 0.29) is 5.92 Å². The van der Waals surface area contributed by atoms with Crippen molar-refractivity contribution in [2.45, 2.75) is 32.8 Å². The van der Waals surface area contributed by atoms with Gasteiger partial charge in [-0.3, -0.25) is 4.98 Å². The molecule has 0 amide bonds. The Kier molecular flexibility index (Phi) is 4.36. The average molecular weight is 214 g/mol. The van der Waals surface area contributed by atoms with Crippen LogP contribution in [0.1, 0.15) is 38.5 Å². The minimum Gasteiger partial charge on any atom is -0.386 e. The molecule has 1 aromatic heterocycles. The average Bonchev–Trinajstić information content (AvgIpc) is 2.20. The summed E-state index contributed by atoms with van der Waals surface area (Å²) in [5.74, 6) is 0.238. The Morgan fingerprint density at radius 2 is 2.07 bits per heavy atom. The van der Waals surface area contributed by atoms with E-state index in [1.807, 2.05) is 0 Å². The Morgan fingerprint density at radius 1 is 1.43 bits per heavy atom. The standard InChI is InChI=1S/C11H16ClNO/c1-3-8(4-2)11(14)10-9(12)6-5-7-13-10/h5-8,11,14H,3-4H2,1-2H3. The molecule has 0 radical (unpaired) electrons. The van der Waals surface area contributed by atoms with Gasteiger partial charge >= 0.3 is 0 Å². The second-order valence-corrected chi connectivity index (χ2v) is 3.80. The van der Waals surface area contributed by atoms with Gasteiger partial charge in [0.2, 0.25) is 0 Å². The van der Waals surface area contributed by atoms with Crippen molar-refractivity contribution in [3.05, 3.63) is 29.0 Å². The third-order valence-electron chi connectivity index (χ3n) is 2.56. The minimum absolute atomic E-state index is 0.238. The summed E-state index contributed by atoms with van der Waals surface area (Å²) in [6.07, 6.45) is 2.99. The third-order valence-corrected chi connectivity index (χ3v) is 2.88. The molecule has 0 aliphatic carbocycles. The molecule has 3 heteroatoms. The number of hydrogen-bond donors (Lipinski definition) is 1. The molecule has 1 heterocycles. The molecule has 0 aliphatic rings. The highest BCUT2D eigenvalue weighted by molar-refractivity contribution is 6.31. The van der Waals surface area contributed by atoms with Gasteiger partial charge in [0.05, 0.1) is 10.7 Å². The van der Waals surface area contributed by atoms with E-state index < -0.39 is 6.10 Å². The Labute approximate surface area is 89.9 Å². The van der Waals surface area contributed by atoms with E-state index in [0.717, 1.165) is 12.8 Å². The highest BCUT2D eigenvalue weighted by Gasteiger charge is 2.20. The van der Waals surface area contributed by atoms with Gasteiger partial charge in [0.15, 0.2) is 0 Å². The van der Waals surface area contributed by atoms with Gasteiger partial charge in [-0.15, -0.1) is 0 Å². The number of halogens is 1. The SMILES string of the molecule is CCC(CC)C(O)c1ncccc1Cl. The molecule has 1 aromatic rings. The summed E-state index contributed by atoms with van der Waals surface area (Å²) in [6.45, 7) is 4.13. The van der Waals surface area contributed by atoms with Gasteiger partial charge in [-0.2, -0.15) is 0 Å². The molecule has 78 valence electrons. The summed E-state index contributed by atoms with van der Waals surface area (Å²) in [5.41, 5.74) is 0.600. The predicted octanol–water partition coefficient (Wildman–Crippen LogP) is 3.20.